The molecule has 1 rings (SSSR count). The average molecular weight is 246 g/mol. The van der Waals surface area contributed by atoms with Crippen molar-refractivity contribution >= 4 is 5.82 Å². The van der Waals surface area contributed by atoms with Gasteiger partial charge in [0.05, 0.1) is 12.5 Å². The Balaban J connectivity index is 2.59. The van der Waals surface area contributed by atoms with Gasteiger partial charge in [-0.2, -0.15) is 5.26 Å². The SMILES string of the molecule is CCCNC(C)c1ccc(N(C)CCC#N)nc1. The predicted octanol–water partition coefficient (Wildman–Crippen LogP) is 2.49. The third kappa shape index (κ3) is 4.34. The highest BCUT2D eigenvalue weighted by atomic mass is 15.2. The molecule has 0 aromatic carbocycles. The van der Waals surface area contributed by atoms with Gasteiger partial charge in [0.1, 0.15) is 5.82 Å². The molecule has 1 aromatic heterocycles. The fourth-order valence-corrected chi connectivity index (χ4v) is 1.69. The molecule has 98 valence electrons. The van der Waals surface area contributed by atoms with E-state index in [1.165, 1.54) is 5.56 Å². The topological polar surface area (TPSA) is 52.0 Å². The van der Waals surface area contributed by atoms with Gasteiger partial charge in [-0.1, -0.05) is 13.0 Å². The van der Waals surface area contributed by atoms with Crippen molar-refractivity contribution < 1.29 is 0 Å². The molecule has 4 nitrogen and oxygen atoms in total. The van der Waals surface area contributed by atoms with E-state index in [1.807, 2.05) is 24.2 Å². The van der Waals surface area contributed by atoms with Gasteiger partial charge in [0.15, 0.2) is 0 Å². The highest BCUT2D eigenvalue weighted by Gasteiger charge is 2.06. The fourth-order valence-electron chi connectivity index (χ4n) is 1.69. The van der Waals surface area contributed by atoms with Crippen LogP contribution < -0.4 is 10.2 Å². The Labute approximate surface area is 110 Å². The number of nitriles is 1. The van der Waals surface area contributed by atoms with Gasteiger partial charge in [-0.25, -0.2) is 4.98 Å². The van der Waals surface area contributed by atoms with E-state index in [1.54, 1.807) is 0 Å². The summed E-state index contributed by atoms with van der Waals surface area (Å²) in [6.07, 6.45) is 3.56. The summed E-state index contributed by atoms with van der Waals surface area (Å²) >= 11 is 0. The van der Waals surface area contributed by atoms with E-state index in [2.05, 4.69) is 36.3 Å². The van der Waals surface area contributed by atoms with Gasteiger partial charge in [-0.3, -0.25) is 0 Å². The molecule has 1 atom stereocenters. The van der Waals surface area contributed by atoms with Gasteiger partial charge in [-0.15, -0.1) is 0 Å². The monoisotopic (exact) mass is 246 g/mol. The minimum atomic E-state index is 0.330. The second kappa shape index (κ2) is 7.67. The van der Waals surface area contributed by atoms with Crippen molar-refractivity contribution in [3.05, 3.63) is 23.9 Å². The van der Waals surface area contributed by atoms with E-state index in [-0.39, 0.29) is 0 Å². The highest BCUT2D eigenvalue weighted by Crippen LogP contribution is 2.15. The molecule has 0 aliphatic rings. The Hall–Kier alpha value is -1.60. The molecule has 0 amide bonds. The lowest BCUT2D eigenvalue weighted by molar-refractivity contribution is 0.569. The summed E-state index contributed by atoms with van der Waals surface area (Å²) in [5.41, 5.74) is 1.20. The summed E-state index contributed by atoms with van der Waals surface area (Å²) in [6.45, 7) is 6.04. The smallest absolute Gasteiger partial charge is 0.128 e. The van der Waals surface area contributed by atoms with E-state index in [9.17, 15) is 0 Å². The predicted molar refractivity (Wildman–Crippen MR) is 74.4 cm³/mol. The van der Waals surface area contributed by atoms with Crippen LogP contribution in [-0.2, 0) is 0 Å². The Morgan fingerprint density at radius 3 is 2.83 bits per heavy atom. The minimum Gasteiger partial charge on any atom is -0.359 e. The lowest BCUT2D eigenvalue weighted by atomic mass is 10.1. The van der Waals surface area contributed by atoms with Crippen LogP contribution >= 0.6 is 0 Å². The Bertz CT molecular complexity index is 380. The number of anilines is 1. The number of nitrogens with zero attached hydrogens (tertiary/aromatic N) is 3. The second-order valence-electron chi connectivity index (χ2n) is 4.46. The first-order valence-electron chi connectivity index (χ1n) is 6.46. The van der Waals surface area contributed by atoms with Crippen molar-refractivity contribution in [2.24, 2.45) is 0 Å². The minimum absolute atomic E-state index is 0.330. The van der Waals surface area contributed by atoms with Gasteiger partial charge in [0.2, 0.25) is 0 Å². The molecule has 0 saturated carbocycles. The van der Waals surface area contributed by atoms with E-state index >= 15 is 0 Å². The third-order valence-electron chi connectivity index (χ3n) is 2.92. The number of aromatic nitrogens is 1. The van der Waals surface area contributed by atoms with Crippen molar-refractivity contribution in [2.45, 2.75) is 32.7 Å². The van der Waals surface area contributed by atoms with Crippen LogP contribution in [0.1, 0.15) is 38.3 Å². The Morgan fingerprint density at radius 1 is 1.50 bits per heavy atom. The highest BCUT2D eigenvalue weighted by molar-refractivity contribution is 5.38. The lowest BCUT2D eigenvalue weighted by Crippen LogP contribution is -2.21. The van der Waals surface area contributed by atoms with Crippen molar-refractivity contribution in [1.29, 1.82) is 5.26 Å². The van der Waals surface area contributed by atoms with Crippen LogP contribution in [0.5, 0.6) is 0 Å². The molecule has 0 spiro atoms. The molecule has 18 heavy (non-hydrogen) atoms. The maximum atomic E-state index is 8.56. The van der Waals surface area contributed by atoms with Crippen LogP contribution in [-0.4, -0.2) is 25.1 Å². The van der Waals surface area contributed by atoms with Gasteiger partial charge >= 0.3 is 0 Å². The molecule has 1 unspecified atom stereocenters. The summed E-state index contributed by atoms with van der Waals surface area (Å²) in [5, 5.41) is 12.0. The third-order valence-corrected chi connectivity index (χ3v) is 2.92. The fraction of sp³-hybridized carbons (Fsp3) is 0.571. The molecule has 0 saturated heterocycles. The number of hydrogen-bond acceptors (Lipinski definition) is 4. The quantitative estimate of drug-likeness (QED) is 0.803. The van der Waals surface area contributed by atoms with Crippen LogP contribution in [0.15, 0.2) is 18.3 Å². The molecule has 0 fully saturated rings. The molecule has 0 aliphatic heterocycles. The van der Waals surface area contributed by atoms with Crippen LogP contribution in [0, 0.1) is 11.3 Å². The van der Waals surface area contributed by atoms with Crippen LogP contribution in [0.2, 0.25) is 0 Å². The van der Waals surface area contributed by atoms with Gasteiger partial charge in [0, 0.05) is 25.8 Å². The average Bonchev–Trinajstić information content (AvgIpc) is 2.42. The normalized spacial score (nSPS) is 11.9. The largest absolute Gasteiger partial charge is 0.359 e. The Morgan fingerprint density at radius 2 is 2.28 bits per heavy atom. The van der Waals surface area contributed by atoms with Gasteiger partial charge in [-0.05, 0) is 31.5 Å². The first kappa shape index (κ1) is 14.5. The standard InChI is InChI=1S/C14H22N4/c1-4-9-16-12(2)13-6-7-14(17-11-13)18(3)10-5-8-15/h6-7,11-12,16H,4-5,9-10H2,1-3H3. The van der Waals surface area contributed by atoms with Crippen molar-refractivity contribution in [3.63, 3.8) is 0 Å². The second-order valence-corrected chi connectivity index (χ2v) is 4.46. The molecule has 0 aliphatic carbocycles. The van der Waals surface area contributed by atoms with Gasteiger partial charge < -0.3 is 10.2 Å². The number of nitrogens with one attached hydrogen (secondary N) is 1. The first-order valence-corrected chi connectivity index (χ1v) is 6.46. The van der Waals surface area contributed by atoms with Crippen LogP contribution in [0.3, 0.4) is 0 Å². The maximum Gasteiger partial charge on any atom is 0.128 e. The number of rotatable bonds is 7. The molecule has 4 heteroatoms. The molecular formula is C14H22N4. The van der Waals surface area contributed by atoms with Gasteiger partial charge in [0.25, 0.3) is 0 Å². The summed E-state index contributed by atoms with van der Waals surface area (Å²) < 4.78 is 0. The van der Waals surface area contributed by atoms with E-state index in [0.717, 1.165) is 18.8 Å². The van der Waals surface area contributed by atoms with Crippen LogP contribution in [0.25, 0.3) is 0 Å². The lowest BCUT2D eigenvalue weighted by Gasteiger charge is -2.18. The molecular weight excluding hydrogens is 224 g/mol. The van der Waals surface area contributed by atoms with E-state index in [0.29, 0.717) is 19.0 Å². The molecule has 1 N–H and O–H groups in total. The molecule has 1 aromatic rings. The molecule has 0 bridgehead atoms. The summed E-state index contributed by atoms with van der Waals surface area (Å²) in [7, 11) is 1.96. The van der Waals surface area contributed by atoms with Crippen molar-refractivity contribution in [2.75, 3.05) is 25.0 Å². The molecule has 0 radical (unpaired) electrons. The summed E-state index contributed by atoms with van der Waals surface area (Å²) in [4.78, 5) is 6.43. The first-order chi connectivity index (χ1) is 8.69. The zero-order valence-electron chi connectivity index (χ0n) is 11.5. The number of hydrogen-bond donors (Lipinski definition) is 1. The Kier molecular flexibility index (Phi) is 6.16. The zero-order chi connectivity index (χ0) is 13.4. The zero-order valence-corrected chi connectivity index (χ0v) is 11.5. The summed E-state index contributed by atoms with van der Waals surface area (Å²) in [5.74, 6) is 0.914. The van der Waals surface area contributed by atoms with E-state index in [4.69, 9.17) is 5.26 Å². The van der Waals surface area contributed by atoms with Crippen molar-refractivity contribution in [1.82, 2.24) is 10.3 Å². The number of pyridine rings is 1. The molecule has 1 heterocycles. The van der Waals surface area contributed by atoms with Crippen LogP contribution in [0.4, 0.5) is 5.82 Å². The van der Waals surface area contributed by atoms with Crippen molar-refractivity contribution in [3.8, 4) is 6.07 Å². The maximum absolute atomic E-state index is 8.56. The van der Waals surface area contributed by atoms with E-state index < -0.39 is 0 Å². The summed E-state index contributed by atoms with van der Waals surface area (Å²) in [6, 6.07) is 6.58.